The maximum Gasteiger partial charge on any atom is 0.226 e. The summed E-state index contributed by atoms with van der Waals surface area (Å²) in [6.07, 6.45) is 2.87. The molecule has 0 fully saturated rings. The first-order valence-electron chi connectivity index (χ1n) is 9.43. The number of thiophene rings is 1. The standard InChI is InChI=1S/C21H20N4O2S/c1-2-27-15-7-5-13(6-8-15)20-19-16(24-21-22-12-23-25(20)21)10-14(11-17(19)26)18-4-3-9-28-18/h3-9,12,14,20H,2,10-11H2,1H3,(H,22,23,24)/t14-,20+/m1/s1. The number of ether oxygens (including phenoxy) is 1. The van der Waals surface area contributed by atoms with E-state index in [4.69, 9.17) is 4.74 Å². The largest absolute Gasteiger partial charge is 0.494 e. The van der Waals surface area contributed by atoms with Crippen molar-refractivity contribution in [1.82, 2.24) is 14.8 Å². The normalized spacial score (nSPS) is 21.1. The second kappa shape index (κ2) is 6.91. The number of carbonyl (C=O) groups is 1. The molecular formula is C21H20N4O2S. The summed E-state index contributed by atoms with van der Waals surface area (Å²) in [7, 11) is 0. The number of hydrogen-bond donors (Lipinski definition) is 1. The highest BCUT2D eigenvalue weighted by atomic mass is 32.1. The van der Waals surface area contributed by atoms with Gasteiger partial charge in [0.2, 0.25) is 5.95 Å². The number of fused-ring (bicyclic) bond motifs is 1. The molecule has 0 bridgehead atoms. The average molecular weight is 392 g/mol. The number of allylic oxidation sites excluding steroid dienone is 2. The molecule has 1 aliphatic heterocycles. The molecule has 7 heteroatoms. The van der Waals surface area contributed by atoms with Gasteiger partial charge in [-0.1, -0.05) is 18.2 Å². The highest BCUT2D eigenvalue weighted by Gasteiger charge is 2.39. The van der Waals surface area contributed by atoms with Crippen LogP contribution in [0.15, 0.2) is 59.4 Å². The van der Waals surface area contributed by atoms with E-state index in [2.05, 4.69) is 26.8 Å². The van der Waals surface area contributed by atoms with E-state index >= 15 is 0 Å². The Kier molecular flexibility index (Phi) is 4.24. The third kappa shape index (κ3) is 2.82. The van der Waals surface area contributed by atoms with Crippen LogP contribution in [0.3, 0.4) is 0 Å². The minimum absolute atomic E-state index is 0.173. The van der Waals surface area contributed by atoms with Crippen LogP contribution in [-0.2, 0) is 4.79 Å². The molecule has 2 atom stereocenters. The zero-order chi connectivity index (χ0) is 19.1. The van der Waals surface area contributed by atoms with Gasteiger partial charge in [-0.2, -0.15) is 10.1 Å². The first-order valence-corrected chi connectivity index (χ1v) is 10.3. The highest BCUT2D eigenvalue weighted by Crippen LogP contribution is 2.44. The smallest absolute Gasteiger partial charge is 0.226 e. The maximum atomic E-state index is 13.2. The molecule has 0 unspecified atom stereocenters. The lowest BCUT2D eigenvalue weighted by Gasteiger charge is -2.34. The number of aromatic nitrogens is 3. The molecule has 0 amide bonds. The Bertz CT molecular complexity index is 1040. The van der Waals surface area contributed by atoms with Crippen molar-refractivity contribution in [1.29, 1.82) is 0 Å². The zero-order valence-corrected chi connectivity index (χ0v) is 16.3. The number of rotatable bonds is 4. The Hall–Kier alpha value is -2.93. The minimum Gasteiger partial charge on any atom is -0.494 e. The van der Waals surface area contributed by atoms with E-state index in [1.807, 2.05) is 37.3 Å². The van der Waals surface area contributed by atoms with Gasteiger partial charge < -0.3 is 10.1 Å². The third-order valence-corrected chi connectivity index (χ3v) is 6.35. The molecular weight excluding hydrogens is 372 g/mol. The predicted molar refractivity (Wildman–Crippen MR) is 108 cm³/mol. The summed E-state index contributed by atoms with van der Waals surface area (Å²) < 4.78 is 7.36. The topological polar surface area (TPSA) is 69.0 Å². The van der Waals surface area contributed by atoms with Crippen molar-refractivity contribution < 1.29 is 9.53 Å². The first kappa shape index (κ1) is 17.2. The number of nitrogens with one attached hydrogen (secondary N) is 1. The molecule has 2 aromatic heterocycles. The number of benzene rings is 1. The van der Waals surface area contributed by atoms with Crippen LogP contribution < -0.4 is 10.1 Å². The van der Waals surface area contributed by atoms with Crippen molar-refractivity contribution in [2.75, 3.05) is 11.9 Å². The van der Waals surface area contributed by atoms with Crippen molar-refractivity contribution in [2.45, 2.75) is 31.7 Å². The fourth-order valence-corrected chi connectivity index (χ4v) is 4.93. The van der Waals surface area contributed by atoms with Gasteiger partial charge in [0, 0.05) is 28.5 Å². The Morgan fingerprint density at radius 3 is 2.86 bits per heavy atom. The lowest BCUT2D eigenvalue weighted by atomic mass is 9.80. The quantitative estimate of drug-likeness (QED) is 0.722. The molecule has 0 radical (unpaired) electrons. The lowest BCUT2D eigenvalue weighted by molar-refractivity contribution is -0.116. The first-order chi connectivity index (χ1) is 13.7. The van der Waals surface area contributed by atoms with Gasteiger partial charge in [-0.05, 0) is 42.5 Å². The number of carbonyl (C=O) groups excluding carboxylic acids is 1. The van der Waals surface area contributed by atoms with Gasteiger partial charge in [-0.15, -0.1) is 11.3 Å². The number of Topliss-reactive ketones (excluding diaryl/α,β-unsaturated/α-hetero) is 1. The number of nitrogens with zero attached hydrogens (tertiary/aromatic N) is 3. The fraction of sp³-hybridized carbons (Fsp3) is 0.286. The molecule has 0 spiro atoms. The molecule has 1 aliphatic carbocycles. The monoisotopic (exact) mass is 392 g/mol. The summed E-state index contributed by atoms with van der Waals surface area (Å²) >= 11 is 1.71. The fourth-order valence-electron chi connectivity index (χ4n) is 4.10. The van der Waals surface area contributed by atoms with Crippen LogP contribution in [0.4, 0.5) is 5.95 Å². The maximum absolute atomic E-state index is 13.2. The third-order valence-electron chi connectivity index (χ3n) is 5.31. The van der Waals surface area contributed by atoms with Crippen LogP contribution in [0.5, 0.6) is 5.75 Å². The van der Waals surface area contributed by atoms with Crippen molar-refractivity contribution in [3.8, 4) is 5.75 Å². The van der Waals surface area contributed by atoms with Gasteiger partial charge in [0.1, 0.15) is 18.1 Å². The Labute approximate surface area is 166 Å². The lowest BCUT2D eigenvalue weighted by Crippen LogP contribution is -2.33. The van der Waals surface area contributed by atoms with Crippen LogP contribution in [0.25, 0.3) is 0 Å². The van der Waals surface area contributed by atoms with Crippen molar-refractivity contribution >= 4 is 23.1 Å². The van der Waals surface area contributed by atoms with Crippen LogP contribution in [0.1, 0.15) is 42.2 Å². The molecule has 1 N–H and O–H groups in total. The molecule has 0 saturated carbocycles. The van der Waals surface area contributed by atoms with E-state index in [1.54, 1.807) is 16.0 Å². The summed E-state index contributed by atoms with van der Waals surface area (Å²) in [6.45, 7) is 2.59. The summed E-state index contributed by atoms with van der Waals surface area (Å²) in [4.78, 5) is 18.9. The molecule has 28 heavy (non-hydrogen) atoms. The van der Waals surface area contributed by atoms with Crippen LogP contribution in [0, 0.1) is 0 Å². The second-order valence-corrected chi connectivity index (χ2v) is 7.97. The number of ketones is 1. The van der Waals surface area contributed by atoms with E-state index in [9.17, 15) is 4.79 Å². The molecule has 6 nitrogen and oxygen atoms in total. The van der Waals surface area contributed by atoms with Gasteiger partial charge in [-0.3, -0.25) is 4.79 Å². The molecule has 0 saturated heterocycles. The van der Waals surface area contributed by atoms with Gasteiger partial charge in [0.25, 0.3) is 0 Å². The van der Waals surface area contributed by atoms with E-state index in [-0.39, 0.29) is 17.7 Å². The zero-order valence-electron chi connectivity index (χ0n) is 15.5. The Balaban J connectivity index is 1.56. The van der Waals surface area contributed by atoms with Crippen LogP contribution in [-0.4, -0.2) is 27.2 Å². The number of anilines is 1. The van der Waals surface area contributed by atoms with Gasteiger partial charge >= 0.3 is 0 Å². The Morgan fingerprint density at radius 1 is 1.25 bits per heavy atom. The van der Waals surface area contributed by atoms with Crippen molar-refractivity contribution in [2.24, 2.45) is 0 Å². The molecule has 5 rings (SSSR count). The summed E-state index contributed by atoms with van der Waals surface area (Å²) in [5.74, 6) is 1.89. The van der Waals surface area contributed by atoms with Gasteiger partial charge in [0.05, 0.1) is 6.61 Å². The molecule has 2 aliphatic rings. The molecule has 3 heterocycles. The predicted octanol–water partition coefficient (Wildman–Crippen LogP) is 4.15. The molecule has 142 valence electrons. The van der Waals surface area contributed by atoms with Gasteiger partial charge in [0.15, 0.2) is 5.78 Å². The van der Waals surface area contributed by atoms with E-state index < -0.39 is 0 Å². The van der Waals surface area contributed by atoms with E-state index in [0.717, 1.165) is 29.0 Å². The van der Waals surface area contributed by atoms with E-state index in [1.165, 1.54) is 11.2 Å². The summed E-state index contributed by atoms with van der Waals surface area (Å²) in [5, 5.41) is 9.82. The molecule has 1 aromatic carbocycles. The molecule has 3 aromatic rings. The van der Waals surface area contributed by atoms with E-state index in [0.29, 0.717) is 19.0 Å². The second-order valence-electron chi connectivity index (χ2n) is 6.99. The average Bonchev–Trinajstić information content (AvgIpc) is 3.39. The summed E-state index contributed by atoms with van der Waals surface area (Å²) in [6, 6.07) is 11.8. The Morgan fingerprint density at radius 2 is 2.11 bits per heavy atom. The SMILES string of the molecule is CCOc1ccc([C@H]2C3=C(C[C@@H](c4cccs4)CC3=O)Nc3ncnn32)cc1. The van der Waals surface area contributed by atoms with Crippen LogP contribution >= 0.6 is 11.3 Å². The minimum atomic E-state index is -0.263. The number of hydrogen-bond acceptors (Lipinski definition) is 6. The van der Waals surface area contributed by atoms with Crippen molar-refractivity contribution in [3.05, 3.63) is 69.8 Å². The highest BCUT2D eigenvalue weighted by molar-refractivity contribution is 7.10. The summed E-state index contributed by atoms with van der Waals surface area (Å²) in [5.41, 5.74) is 2.77. The van der Waals surface area contributed by atoms with Crippen molar-refractivity contribution in [3.63, 3.8) is 0 Å². The van der Waals surface area contributed by atoms with Gasteiger partial charge in [-0.25, -0.2) is 4.68 Å². The van der Waals surface area contributed by atoms with Crippen LogP contribution in [0.2, 0.25) is 0 Å².